The van der Waals surface area contributed by atoms with E-state index in [1.807, 2.05) is 13.8 Å². The van der Waals surface area contributed by atoms with Gasteiger partial charge in [-0.05, 0) is 33.6 Å². The lowest BCUT2D eigenvalue weighted by Crippen LogP contribution is -2.47. The highest BCUT2D eigenvalue weighted by Crippen LogP contribution is 2.14. The highest BCUT2D eigenvalue weighted by molar-refractivity contribution is 5.97. The van der Waals surface area contributed by atoms with Gasteiger partial charge in [-0.3, -0.25) is 4.79 Å². The molecule has 0 saturated heterocycles. The zero-order valence-electron chi connectivity index (χ0n) is 12.8. The quantitative estimate of drug-likeness (QED) is 0.855. The highest BCUT2D eigenvalue weighted by atomic mass is 16.6. The second-order valence-electron chi connectivity index (χ2n) is 6.02. The summed E-state index contributed by atoms with van der Waals surface area (Å²) in [5, 5.41) is 6.22. The summed E-state index contributed by atoms with van der Waals surface area (Å²) in [6.07, 6.45) is 1.33. The van der Waals surface area contributed by atoms with E-state index in [4.69, 9.17) is 9.26 Å². The normalized spacial score (nSPS) is 13.2. The van der Waals surface area contributed by atoms with Gasteiger partial charge in [0.1, 0.15) is 23.0 Å². The van der Waals surface area contributed by atoms with Crippen LogP contribution in [0.1, 0.15) is 50.7 Å². The first kappa shape index (κ1) is 16.2. The van der Waals surface area contributed by atoms with Crippen LogP contribution in [0, 0.1) is 12.8 Å². The number of carbonyl (C=O) groups is 2. The lowest BCUT2D eigenvalue weighted by atomic mass is 10.0. The maximum Gasteiger partial charge on any atom is 0.329 e. The minimum atomic E-state index is -0.712. The van der Waals surface area contributed by atoms with Crippen LogP contribution in [0.3, 0.4) is 0 Å². The molecule has 0 radical (unpaired) electrons. The van der Waals surface area contributed by atoms with Gasteiger partial charge < -0.3 is 14.6 Å². The standard InChI is InChI=1S/C14H22N2O4/c1-8(2)11(13(18)19-14(4,5)6)16-12(17)10-7-15-20-9(10)3/h7-8,11H,1-6H3,(H,16,17)/t11-/m0/s1. The van der Waals surface area contributed by atoms with Gasteiger partial charge in [0.25, 0.3) is 5.91 Å². The fourth-order valence-corrected chi connectivity index (χ4v) is 1.60. The number of carbonyl (C=O) groups excluding carboxylic acids is 2. The van der Waals surface area contributed by atoms with Crippen LogP contribution < -0.4 is 5.32 Å². The molecule has 6 nitrogen and oxygen atoms in total. The van der Waals surface area contributed by atoms with Gasteiger partial charge in [-0.2, -0.15) is 0 Å². The molecular weight excluding hydrogens is 260 g/mol. The minimum Gasteiger partial charge on any atom is -0.458 e. The molecular formula is C14H22N2O4. The number of hydrogen-bond acceptors (Lipinski definition) is 5. The summed E-state index contributed by atoms with van der Waals surface area (Å²) in [4.78, 5) is 24.2. The number of ether oxygens (including phenoxy) is 1. The molecule has 112 valence electrons. The molecule has 0 bridgehead atoms. The molecule has 1 N–H and O–H groups in total. The Hall–Kier alpha value is -1.85. The first-order valence-electron chi connectivity index (χ1n) is 6.57. The molecule has 1 amide bonds. The molecule has 1 aromatic heterocycles. The van der Waals surface area contributed by atoms with Crippen molar-refractivity contribution in [3.63, 3.8) is 0 Å². The lowest BCUT2D eigenvalue weighted by molar-refractivity contribution is -0.158. The third-order valence-electron chi connectivity index (χ3n) is 2.61. The summed E-state index contributed by atoms with van der Waals surface area (Å²) >= 11 is 0. The van der Waals surface area contributed by atoms with Crippen LogP contribution in [0.15, 0.2) is 10.7 Å². The van der Waals surface area contributed by atoms with Crippen LogP contribution in [-0.4, -0.2) is 28.7 Å². The number of aromatic nitrogens is 1. The number of nitrogens with zero attached hydrogens (tertiary/aromatic N) is 1. The molecule has 0 aliphatic carbocycles. The predicted molar refractivity (Wildman–Crippen MR) is 73.2 cm³/mol. The topological polar surface area (TPSA) is 81.4 Å². The highest BCUT2D eigenvalue weighted by Gasteiger charge is 2.30. The fraction of sp³-hybridized carbons (Fsp3) is 0.643. The first-order valence-corrected chi connectivity index (χ1v) is 6.57. The van der Waals surface area contributed by atoms with Crippen LogP contribution in [0.5, 0.6) is 0 Å². The summed E-state index contributed by atoms with van der Waals surface area (Å²) in [5.41, 5.74) is -0.276. The second-order valence-corrected chi connectivity index (χ2v) is 6.02. The molecule has 0 aliphatic heterocycles. The molecule has 0 unspecified atom stereocenters. The number of rotatable bonds is 4. The average molecular weight is 282 g/mol. The number of aryl methyl sites for hydroxylation is 1. The van der Waals surface area contributed by atoms with Crippen LogP contribution in [0.2, 0.25) is 0 Å². The van der Waals surface area contributed by atoms with E-state index in [-0.39, 0.29) is 5.92 Å². The summed E-state index contributed by atoms with van der Waals surface area (Å²) in [6, 6.07) is -0.712. The van der Waals surface area contributed by atoms with E-state index in [0.29, 0.717) is 11.3 Å². The van der Waals surface area contributed by atoms with E-state index in [0.717, 1.165) is 0 Å². The molecule has 0 aromatic carbocycles. The third kappa shape index (κ3) is 4.36. The van der Waals surface area contributed by atoms with Crippen molar-refractivity contribution in [1.29, 1.82) is 0 Å². The van der Waals surface area contributed by atoms with Crippen molar-refractivity contribution in [3.8, 4) is 0 Å². The van der Waals surface area contributed by atoms with Gasteiger partial charge in [-0.15, -0.1) is 0 Å². The van der Waals surface area contributed by atoms with Crippen LogP contribution in [0.4, 0.5) is 0 Å². The van der Waals surface area contributed by atoms with E-state index in [1.165, 1.54) is 6.20 Å². The van der Waals surface area contributed by atoms with Crippen LogP contribution >= 0.6 is 0 Å². The van der Waals surface area contributed by atoms with Gasteiger partial charge in [0, 0.05) is 0 Å². The van der Waals surface area contributed by atoms with Crippen molar-refractivity contribution < 1.29 is 18.8 Å². The van der Waals surface area contributed by atoms with E-state index < -0.39 is 23.5 Å². The monoisotopic (exact) mass is 282 g/mol. The van der Waals surface area contributed by atoms with Crippen molar-refractivity contribution in [1.82, 2.24) is 10.5 Å². The molecule has 0 saturated carbocycles. The van der Waals surface area contributed by atoms with Gasteiger partial charge in [0.05, 0.1) is 6.20 Å². The Bertz CT molecular complexity index is 486. The lowest BCUT2D eigenvalue weighted by Gasteiger charge is -2.26. The van der Waals surface area contributed by atoms with E-state index in [9.17, 15) is 9.59 Å². The number of nitrogens with one attached hydrogen (secondary N) is 1. The Morgan fingerprint density at radius 1 is 1.35 bits per heavy atom. The summed E-state index contributed by atoms with van der Waals surface area (Å²) in [6.45, 7) is 10.7. The van der Waals surface area contributed by atoms with Crippen LogP contribution in [0.25, 0.3) is 0 Å². The molecule has 20 heavy (non-hydrogen) atoms. The van der Waals surface area contributed by atoms with E-state index in [2.05, 4.69) is 10.5 Å². The Labute approximate surface area is 118 Å². The third-order valence-corrected chi connectivity index (χ3v) is 2.61. The zero-order chi connectivity index (χ0) is 15.5. The molecule has 0 spiro atoms. The van der Waals surface area contributed by atoms with Crippen molar-refractivity contribution in [2.24, 2.45) is 5.92 Å². The maximum atomic E-state index is 12.1. The molecule has 1 aromatic rings. The number of amides is 1. The number of hydrogen-bond donors (Lipinski definition) is 1. The largest absolute Gasteiger partial charge is 0.458 e. The molecule has 6 heteroatoms. The zero-order valence-corrected chi connectivity index (χ0v) is 12.8. The smallest absolute Gasteiger partial charge is 0.329 e. The number of esters is 1. The first-order chi connectivity index (χ1) is 9.11. The summed E-state index contributed by atoms with van der Waals surface area (Å²) < 4.78 is 10.2. The van der Waals surface area contributed by atoms with Crippen molar-refractivity contribution in [2.45, 2.75) is 53.2 Å². The van der Waals surface area contributed by atoms with Gasteiger partial charge in [-0.25, -0.2) is 4.79 Å². The Morgan fingerprint density at radius 2 is 1.95 bits per heavy atom. The van der Waals surface area contributed by atoms with Crippen molar-refractivity contribution in [3.05, 3.63) is 17.5 Å². The fourth-order valence-electron chi connectivity index (χ4n) is 1.60. The molecule has 1 atom stereocenters. The van der Waals surface area contributed by atoms with Crippen molar-refractivity contribution in [2.75, 3.05) is 0 Å². The Kier molecular flexibility index (Phi) is 4.92. The van der Waals surface area contributed by atoms with Gasteiger partial charge >= 0.3 is 5.97 Å². The second kappa shape index (κ2) is 6.07. The van der Waals surface area contributed by atoms with Gasteiger partial charge in [0.15, 0.2) is 0 Å². The SMILES string of the molecule is Cc1oncc1C(=O)N[C@H](C(=O)OC(C)(C)C)C(C)C. The Balaban J connectivity index is 2.81. The predicted octanol–water partition coefficient (Wildman–Crippen LogP) is 2.08. The average Bonchev–Trinajstić information content (AvgIpc) is 2.69. The Morgan fingerprint density at radius 3 is 2.35 bits per heavy atom. The minimum absolute atomic E-state index is 0.0889. The summed E-state index contributed by atoms with van der Waals surface area (Å²) in [5.74, 6) is -0.522. The molecule has 1 rings (SSSR count). The van der Waals surface area contributed by atoms with E-state index >= 15 is 0 Å². The maximum absolute atomic E-state index is 12.1. The molecule has 0 aliphatic rings. The summed E-state index contributed by atoms with van der Waals surface area (Å²) in [7, 11) is 0. The van der Waals surface area contributed by atoms with Crippen molar-refractivity contribution >= 4 is 11.9 Å². The van der Waals surface area contributed by atoms with Crippen LogP contribution in [-0.2, 0) is 9.53 Å². The van der Waals surface area contributed by atoms with Gasteiger partial charge in [0.2, 0.25) is 0 Å². The molecule has 0 fully saturated rings. The van der Waals surface area contributed by atoms with E-state index in [1.54, 1.807) is 27.7 Å². The van der Waals surface area contributed by atoms with Gasteiger partial charge in [-0.1, -0.05) is 19.0 Å². The molecule has 1 heterocycles.